The van der Waals surface area contributed by atoms with E-state index in [-0.39, 0.29) is 11.1 Å². The van der Waals surface area contributed by atoms with E-state index in [1.165, 1.54) is 25.1 Å². The lowest BCUT2D eigenvalue weighted by atomic mass is 9.89. The number of hydrogen-bond donors (Lipinski definition) is 2. The molecule has 1 aromatic carbocycles. The van der Waals surface area contributed by atoms with Crippen LogP contribution in [-0.4, -0.2) is 22.5 Å². The van der Waals surface area contributed by atoms with Crippen LogP contribution in [-0.2, 0) is 4.79 Å². The average molecular weight is 293 g/mol. The van der Waals surface area contributed by atoms with Crippen LogP contribution in [0, 0.1) is 12.7 Å². The van der Waals surface area contributed by atoms with Gasteiger partial charge in [-0.3, -0.25) is 4.79 Å². The minimum atomic E-state index is -1.23. The standard InChI is InChI=1S/C16H20FNO3/c1-11-12(7-6-8-13(11)17)14(19)18-16(15(20)21)9-4-2-3-5-10-16/h6-8H,2-5,9-10H2,1H3,(H,18,19)(H,20,21). The molecule has 114 valence electrons. The lowest BCUT2D eigenvalue weighted by Gasteiger charge is -2.29. The second-order valence-electron chi connectivity index (χ2n) is 5.67. The molecular weight excluding hydrogens is 273 g/mol. The van der Waals surface area contributed by atoms with Crippen LogP contribution in [0.1, 0.15) is 54.4 Å². The van der Waals surface area contributed by atoms with Crippen molar-refractivity contribution in [2.24, 2.45) is 0 Å². The van der Waals surface area contributed by atoms with E-state index < -0.39 is 23.2 Å². The Hall–Kier alpha value is -1.91. The minimum absolute atomic E-state index is 0.194. The number of aliphatic carboxylic acids is 1. The third-order valence-corrected chi connectivity index (χ3v) is 4.23. The summed E-state index contributed by atoms with van der Waals surface area (Å²) in [5.74, 6) is -1.99. The maximum atomic E-state index is 13.5. The Balaban J connectivity index is 2.26. The number of nitrogens with one attached hydrogen (secondary N) is 1. The summed E-state index contributed by atoms with van der Waals surface area (Å²) in [4.78, 5) is 24.0. The SMILES string of the molecule is Cc1c(F)cccc1C(=O)NC1(C(=O)O)CCCCCC1. The normalized spacial score (nSPS) is 17.8. The summed E-state index contributed by atoms with van der Waals surface area (Å²) in [6.07, 6.45) is 4.34. The molecule has 0 bridgehead atoms. The van der Waals surface area contributed by atoms with E-state index >= 15 is 0 Å². The van der Waals surface area contributed by atoms with E-state index in [1.807, 2.05) is 0 Å². The van der Waals surface area contributed by atoms with Crippen LogP contribution in [0.25, 0.3) is 0 Å². The molecule has 0 unspecified atom stereocenters. The van der Waals surface area contributed by atoms with Gasteiger partial charge < -0.3 is 10.4 Å². The lowest BCUT2D eigenvalue weighted by molar-refractivity contribution is -0.145. The Labute approximate surface area is 123 Å². The third kappa shape index (κ3) is 3.23. The van der Waals surface area contributed by atoms with E-state index in [2.05, 4.69) is 5.32 Å². The Kier molecular flexibility index (Phi) is 4.60. The number of halogens is 1. The summed E-state index contributed by atoms with van der Waals surface area (Å²) < 4.78 is 13.5. The van der Waals surface area contributed by atoms with Crippen LogP contribution in [0.15, 0.2) is 18.2 Å². The zero-order chi connectivity index (χ0) is 15.5. The van der Waals surface area contributed by atoms with Gasteiger partial charge in [-0.25, -0.2) is 9.18 Å². The second kappa shape index (κ2) is 6.24. The molecule has 0 aliphatic heterocycles. The fourth-order valence-electron chi connectivity index (χ4n) is 2.86. The Morgan fingerprint density at radius 2 is 1.81 bits per heavy atom. The number of benzene rings is 1. The summed E-state index contributed by atoms with van der Waals surface area (Å²) >= 11 is 0. The van der Waals surface area contributed by atoms with Gasteiger partial charge in [0.25, 0.3) is 5.91 Å². The molecule has 0 aromatic heterocycles. The first-order chi connectivity index (χ1) is 9.96. The molecule has 1 saturated carbocycles. The molecule has 1 aliphatic carbocycles. The number of hydrogen-bond acceptors (Lipinski definition) is 2. The van der Waals surface area contributed by atoms with Gasteiger partial charge in [0.2, 0.25) is 0 Å². The van der Waals surface area contributed by atoms with Crippen molar-refractivity contribution in [3.8, 4) is 0 Å². The van der Waals surface area contributed by atoms with Crippen LogP contribution in [0.4, 0.5) is 4.39 Å². The molecular formula is C16H20FNO3. The number of rotatable bonds is 3. The van der Waals surface area contributed by atoms with E-state index in [1.54, 1.807) is 0 Å². The van der Waals surface area contributed by atoms with Gasteiger partial charge >= 0.3 is 5.97 Å². The van der Waals surface area contributed by atoms with Crippen molar-refractivity contribution in [2.45, 2.75) is 51.0 Å². The highest BCUT2D eigenvalue weighted by atomic mass is 19.1. The predicted molar refractivity (Wildman–Crippen MR) is 76.7 cm³/mol. The number of carboxylic acids is 1. The largest absolute Gasteiger partial charge is 0.480 e. The average Bonchev–Trinajstić information content (AvgIpc) is 2.68. The van der Waals surface area contributed by atoms with Gasteiger partial charge in [-0.2, -0.15) is 0 Å². The van der Waals surface area contributed by atoms with Gasteiger partial charge in [-0.05, 0) is 37.5 Å². The highest BCUT2D eigenvalue weighted by molar-refractivity contribution is 5.99. The monoisotopic (exact) mass is 293 g/mol. The van der Waals surface area contributed by atoms with E-state index in [0.717, 1.165) is 25.7 Å². The Bertz CT molecular complexity index is 548. The van der Waals surface area contributed by atoms with Gasteiger partial charge in [0.1, 0.15) is 11.4 Å². The van der Waals surface area contributed by atoms with Crippen LogP contribution in [0.3, 0.4) is 0 Å². The quantitative estimate of drug-likeness (QED) is 0.842. The molecule has 4 nitrogen and oxygen atoms in total. The summed E-state index contributed by atoms with van der Waals surface area (Å²) in [5, 5.41) is 12.2. The first-order valence-corrected chi connectivity index (χ1v) is 7.27. The Morgan fingerprint density at radius 3 is 2.38 bits per heavy atom. The molecule has 0 saturated heterocycles. The minimum Gasteiger partial charge on any atom is -0.480 e. The molecule has 1 aliphatic rings. The third-order valence-electron chi connectivity index (χ3n) is 4.23. The second-order valence-corrected chi connectivity index (χ2v) is 5.67. The van der Waals surface area contributed by atoms with Gasteiger partial charge in [0.05, 0.1) is 0 Å². The maximum absolute atomic E-state index is 13.5. The summed E-state index contributed by atoms with van der Waals surface area (Å²) in [7, 11) is 0. The molecule has 1 fully saturated rings. The zero-order valence-electron chi connectivity index (χ0n) is 12.1. The van der Waals surface area contributed by atoms with Crippen molar-refractivity contribution in [3.05, 3.63) is 35.1 Å². The predicted octanol–water partition coefficient (Wildman–Crippen LogP) is 3.04. The fourth-order valence-corrected chi connectivity index (χ4v) is 2.86. The van der Waals surface area contributed by atoms with Crippen molar-refractivity contribution in [3.63, 3.8) is 0 Å². The molecule has 0 radical (unpaired) electrons. The summed E-state index contributed by atoms with van der Waals surface area (Å²) in [6.45, 7) is 1.52. The fraction of sp³-hybridized carbons (Fsp3) is 0.500. The molecule has 1 aromatic rings. The molecule has 0 heterocycles. The molecule has 2 N–H and O–H groups in total. The molecule has 1 amide bonds. The smallest absolute Gasteiger partial charge is 0.329 e. The van der Waals surface area contributed by atoms with Gasteiger partial charge in [-0.1, -0.05) is 31.7 Å². The van der Waals surface area contributed by atoms with Crippen LogP contribution in [0.2, 0.25) is 0 Å². The zero-order valence-corrected chi connectivity index (χ0v) is 12.1. The topological polar surface area (TPSA) is 66.4 Å². The molecule has 2 rings (SSSR count). The first-order valence-electron chi connectivity index (χ1n) is 7.27. The maximum Gasteiger partial charge on any atom is 0.329 e. The van der Waals surface area contributed by atoms with E-state index in [4.69, 9.17) is 0 Å². The number of carbonyl (C=O) groups excluding carboxylic acids is 1. The number of amides is 1. The van der Waals surface area contributed by atoms with Crippen LogP contribution < -0.4 is 5.32 Å². The lowest BCUT2D eigenvalue weighted by Crippen LogP contribution is -2.54. The van der Waals surface area contributed by atoms with Crippen molar-refractivity contribution in [1.82, 2.24) is 5.32 Å². The number of carbonyl (C=O) groups is 2. The highest BCUT2D eigenvalue weighted by Crippen LogP contribution is 2.28. The van der Waals surface area contributed by atoms with Crippen molar-refractivity contribution >= 4 is 11.9 Å². The Morgan fingerprint density at radius 1 is 1.19 bits per heavy atom. The first kappa shape index (κ1) is 15.5. The molecule has 5 heteroatoms. The van der Waals surface area contributed by atoms with Gasteiger partial charge in [0.15, 0.2) is 0 Å². The highest BCUT2D eigenvalue weighted by Gasteiger charge is 2.40. The van der Waals surface area contributed by atoms with Crippen LogP contribution in [0.5, 0.6) is 0 Å². The van der Waals surface area contributed by atoms with Crippen molar-refractivity contribution in [2.75, 3.05) is 0 Å². The van der Waals surface area contributed by atoms with Crippen LogP contribution >= 0.6 is 0 Å². The molecule has 0 atom stereocenters. The van der Waals surface area contributed by atoms with Crippen molar-refractivity contribution in [1.29, 1.82) is 0 Å². The van der Waals surface area contributed by atoms with E-state index in [0.29, 0.717) is 12.8 Å². The summed E-state index contributed by atoms with van der Waals surface area (Å²) in [6, 6.07) is 4.25. The molecule has 0 spiro atoms. The van der Waals surface area contributed by atoms with Gasteiger partial charge in [0, 0.05) is 5.56 Å². The molecule has 21 heavy (non-hydrogen) atoms. The van der Waals surface area contributed by atoms with Crippen molar-refractivity contribution < 1.29 is 19.1 Å². The van der Waals surface area contributed by atoms with Gasteiger partial charge in [-0.15, -0.1) is 0 Å². The number of carboxylic acid groups (broad SMARTS) is 1. The summed E-state index contributed by atoms with van der Waals surface area (Å²) in [5.41, 5.74) is -0.796. The van der Waals surface area contributed by atoms with E-state index in [9.17, 15) is 19.1 Å².